The molecule has 0 bridgehead atoms. The molecule has 0 spiro atoms. The van der Waals surface area contributed by atoms with Crippen LogP contribution in [0.3, 0.4) is 0 Å². The van der Waals surface area contributed by atoms with Crippen LogP contribution in [0.25, 0.3) is 0 Å². The Morgan fingerprint density at radius 1 is 1.69 bits per heavy atom. The number of aryl methyl sites for hydroxylation is 1. The molecule has 5 heteroatoms. The summed E-state index contributed by atoms with van der Waals surface area (Å²) in [4.78, 5) is 11.5. The molecule has 1 aromatic heterocycles. The number of carbonyl (C=O) groups is 1. The molecule has 0 saturated carbocycles. The minimum absolute atomic E-state index is 0.0672. The van der Waals surface area contributed by atoms with E-state index in [9.17, 15) is 4.79 Å². The number of nitrogens with one attached hydrogen (secondary N) is 1. The van der Waals surface area contributed by atoms with Crippen LogP contribution < -0.4 is 11.1 Å². The van der Waals surface area contributed by atoms with Gasteiger partial charge < -0.3 is 11.1 Å². The summed E-state index contributed by atoms with van der Waals surface area (Å²) in [5, 5.41) is 6.86. The highest BCUT2D eigenvalue weighted by Crippen LogP contribution is 2.09. The number of carbonyl (C=O) groups excluding carboxylic acids is 1. The number of hydrogen-bond acceptors (Lipinski definition) is 3. The van der Waals surface area contributed by atoms with E-state index in [1.54, 1.807) is 17.9 Å². The maximum Gasteiger partial charge on any atom is 0.220 e. The van der Waals surface area contributed by atoms with Crippen molar-refractivity contribution in [1.82, 2.24) is 15.1 Å². The Balaban J connectivity index is 2.40. The molecule has 0 saturated heterocycles. The Hall–Kier alpha value is -1.52. The van der Waals surface area contributed by atoms with Crippen LogP contribution in [0, 0.1) is 5.92 Å². The minimum atomic E-state index is 0.0672. The fourth-order valence-corrected chi connectivity index (χ4v) is 1.36. The molecule has 16 heavy (non-hydrogen) atoms. The predicted octanol–water partition coefficient (Wildman–Crippen LogP) is 1.05. The zero-order valence-corrected chi connectivity index (χ0v) is 10.2. The highest BCUT2D eigenvalue weighted by molar-refractivity contribution is 5.76. The molecule has 1 rings (SSSR count). The van der Waals surface area contributed by atoms with Gasteiger partial charge in [0.2, 0.25) is 5.91 Å². The van der Waals surface area contributed by atoms with Gasteiger partial charge in [-0.25, -0.2) is 0 Å². The summed E-state index contributed by atoms with van der Waals surface area (Å²) in [5.41, 5.74) is 6.63. The largest absolute Gasteiger partial charge is 0.384 e. The Bertz CT molecular complexity index is 359. The van der Waals surface area contributed by atoms with Crippen molar-refractivity contribution in [3.8, 4) is 0 Å². The molecule has 0 aliphatic carbocycles. The van der Waals surface area contributed by atoms with E-state index in [0.717, 1.165) is 12.0 Å². The van der Waals surface area contributed by atoms with Crippen LogP contribution in [0.1, 0.15) is 32.3 Å². The summed E-state index contributed by atoms with van der Waals surface area (Å²) < 4.78 is 1.59. The Morgan fingerprint density at radius 2 is 2.38 bits per heavy atom. The first-order chi connectivity index (χ1) is 7.54. The number of nitrogen functional groups attached to an aromatic ring is 1. The molecular formula is C11H20N4O. The average Bonchev–Trinajstić information content (AvgIpc) is 2.57. The molecule has 1 heterocycles. The molecule has 0 aliphatic heterocycles. The third-order valence-corrected chi connectivity index (χ3v) is 2.77. The van der Waals surface area contributed by atoms with Gasteiger partial charge in [0.1, 0.15) is 5.82 Å². The van der Waals surface area contributed by atoms with Crippen LogP contribution in [0.2, 0.25) is 0 Å². The predicted molar refractivity (Wildman–Crippen MR) is 63.5 cm³/mol. The number of hydrogen-bond donors (Lipinski definition) is 2. The average molecular weight is 224 g/mol. The van der Waals surface area contributed by atoms with Crippen molar-refractivity contribution in [1.29, 1.82) is 0 Å². The van der Waals surface area contributed by atoms with Crippen LogP contribution in [-0.4, -0.2) is 15.7 Å². The van der Waals surface area contributed by atoms with Gasteiger partial charge in [-0.2, -0.15) is 5.10 Å². The molecule has 1 unspecified atom stereocenters. The van der Waals surface area contributed by atoms with Crippen molar-refractivity contribution in [3.63, 3.8) is 0 Å². The van der Waals surface area contributed by atoms with Gasteiger partial charge >= 0.3 is 0 Å². The molecule has 0 aliphatic rings. The highest BCUT2D eigenvalue weighted by Gasteiger charge is 2.09. The number of anilines is 1. The second kappa shape index (κ2) is 5.53. The van der Waals surface area contributed by atoms with E-state index in [2.05, 4.69) is 24.3 Å². The Labute approximate surface area is 96.0 Å². The van der Waals surface area contributed by atoms with Gasteiger partial charge in [0.25, 0.3) is 0 Å². The van der Waals surface area contributed by atoms with E-state index in [4.69, 9.17) is 5.73 Å². The van der Waals surface area contributed by atoms with Crippen molar-refractivity contribution in [2.24, 2.45) is 13.0 Å². The summed E-state index contributed by atoms with van der Waals surface area (Å²) in [6.07, 6.45) is 3.26. The second-order valence-electron chi connectivity index (χ2n) is 4.17. The minimum Gasteiger partial charge on any atom is -0.384 e. The van der Waals surface area contributed by atoms with Crippen LogP contribution >= 0.6 is 0 Å². The lowest BCUT2D eigenvalue weighted by atomic mass is 10.1. The standard InChI is InChI=1S/C11H20N4O/c1-4-8(2)5-10(16)13-6-9-7-14-15(3)11(9)12/h7-8H,4-6,12H2,1-3H3,(H,13,16). The van der Waals surface area contributed by atoms with Gasteiger partial charge in [0, 0.05) is 25.6 Å². The summed E-state index contributed by atoms with van der Waals surface area (Å²) in [5.74, 6) is 1.09. The van der Waals surface area contributed by atoms with Crippen molar-refractivity contribution >= 4 is 11.7 Å². The van der Waals surface area contributed by atoms with Gasteiger partial charge in [-0.1, -0.05) is 20.3 Å². The Kier molecular flexibility index (Phi) is 4.34. The molecule has 5 nitrogen and oxygen atoms in total. The molecule has 1 atom stereocenters. The number of aromatic nitrogens is 2. The van der Waals surface area contributed by atoms with E-state index >= 15 is 0 Å². The van der Waals surface area contributed by atoms with Gasteiger partial charge in [-0.15, -0.1) is 0 Å². The van der Waals surface area contributed by atoms with Crippen molar-refractivity contribution in [2.75, 3.05) is 5.73 Å². The first-order valence-electron chi connectivity index (χ1n) is 5.57. The van der Waals surface area contributed by atoms with Crippen LogP contribution in [-0.2, 0) is 18.4 Å². The monoisotopic (exact) mass is 224 g/mol. The summed E-state index contributed by atoms with van der Waals surface area (Å²) in [6, 6.07) is 0. The molecule has 90 valence electrons. The molecule has 1 amide bonds. The third kappa shape index (κ3) is 3.25. The smallest absolute Gasteiger partial charge is 0.220 e. The fourth-order valence-electron chi connectivity index (χ4n) is 1.36. The lowest BCUT2D eigenvalue weighted by Gasteiger charge is -2.08. The van der Waals surface area contributed by atoms with E-state index < -0.39 is 0 Å². The van der Waals surface area contributed by atoms with E-state index in [1.165, 1.54) is 0 Å². The molecule has 3 N–H and O–H groups in total. The quantitative estimate of drug-likeness (QED) is 0.785. The van der Waals surface area contributed by atoms with Gasteiger partial charge in [-0.05, 0) is 5.92 Å². The van der Waals surface area contributed by atoms with Crippen LogP contribution in [0.15, 0.2) is 6.20 Å². The highest BCUT2D eigenvalue weighted by atomic mass is 16.1. The normalized spacial score (nSPS) is 12.4. The van der Waals surface area contributed by atoms with E-state index in [1.807, 2.05) is 0 Å². The second-order valence-corrected chi connectivity index (χ2v) is 4.17. The molecular weight excluding hydrogens is 204 g/mol. The molecule has 0 fully saturated rings. The maximum atomic E-state index is 11.5. The van der Waals surface area contributed by atoms with Gasteiger partial charge in [-0.3, -0.25) is 9.48 Å². The van der Waals surface area contributed by atoms with Crippen molar-refractivity contribution < 1.29 is 4.79 Å². The SMILES string of the molecule is CCC(C)CC(=O)NCc1cnn(C)c1N. The summed E-state index contributed by atoms with van der Waals surface area (Å²) in [7, 11) is 1.78. The zero-order chi connectivity index (χ0) is 12.1. The first kappa shape index (κ1) is 12.5. The lowest BCUT2D eigenvalue weighted by Crippen LogP contribution is -2.24. The number of nitrogens with zero attached hydrogens (tertiary/aromatic N) is 2. The number of nitrogens with two attached hydrogens (primary N) is 1. The number of rotatable bonds is 5. The third-order valence-electron chi connectivity index (χ3n) is 2.77. The summed E-state index contributed by atoms with van der Waals surface area (Å²) >= 11 is 0. The summed E-state index contributed by atoms with van der Waals surface area (Å²) in [6.45, 7) is 4.60. The fraction of sp³-hybridized carbons (Fsp3) is 0.636. The van der Waals surface area contributed by atoms with Crippen molar-refractivity contribution in [2.45, 2.75) is 33.2 Å². The lowest BCUT2D eigenvalue weighted by molar-refractivity contribution is -0.122. The topological polar surface area (TPSA) is 72.9 Å². The van der Waals surface area contributed by atoms with Crippen LogP contribution in [0.5, 0.6) is 0 Å². The number of amides is 1. The van der Waals surface area contributed by atoms with E-state index in [0.29, 0.717) is 24.7 Å². The zero-order valence-electron chi connectivity index (χ0n) is 10.2. The molecule has 1 aromatic rings. The van der Waals surface area contributed by atoms with Gasteiger partial charge in [0.05, 0.1) is 6.20 Å². The Morgan fingerprint density at radius 3 is 2.88 bits per heavy atom. The molecule has 0 radical (unpaired) electrons. The van der Waals surface area contributed by atoms with Crippen molar-refractivity contribution in [3.05, 3.63) is 11.8 Å². The molecule has 0 aromatic carbocycles. The van der Waals surface area contributed by atoms with Crippen LogP contribution in [0.4, 0.5) is 5.82 Å². The maximum absolute atomic E-state index is 11.5. The van der Waals surface area contributed by atoms with Gasteiger partial charge in [0.15, 0.2) is 0 Å². The van der Waals surface area contributed by atoms with E-state index in [-0.39, 0.29) is 5.91 Å². The first-order valence-corrected chi connectivity index (χ1v) is 5.57.